The summed E-state index contributed by atoms with van der Waals surface area (Å²) in [7, 11) is 0. The predicted octanol–water partition coefficient (Wildman–Crippen LogP) is 0.407. The van der Waals surface area contributed by atoms with Gasteiger partial charge < -0.3 is 20.6 Å². The van der Waals surface area contributed by atoms with E-state index in [0.717, 1.165) is 6.42 Å². The Morgan fingerprint density at radius 1 is 1.40 bits per heavy atom. The summed E-state index contributed by atoms with van der Waals surface area (Å²) in [6.07, 6.45) is 1.95. The summed E-state index contributed by atoms with van der Waals surface area (Å²) in [6.45, 7) is 4.74. The first-order chi connectivity index (χ1) is 9.40. The van der Waals surface area contributed by atoms with Crippen LogP contribution in [0.5, 0.6) is 0 Å². The quantitative estimate of drug-likeness (QED) is 0.615. The second-order valence-corrected chi connectivity index (χ2v) is 5.25. The van der Waals surface area contributed by atoms with Gasteiger partial charge in [0.2, 0.25) is 5.91 Å². The summed E-state index contributed by atoms with van der Waals surface area (Å²) in [4.78, 5) is 35.1. The van der Waals surface area contributed by atoms with Crippen LogP contribution >= 0.6 is 0 Å². The normalized spacial score (nSPS) is 19.5. The van der Waals surface area contributed by atoms with Gasteiger partial charge in [-0.25, -0.2) is 4.79 Å². The molecule has 3 N–H and O–H groups in total. The van der Waals surface area contributed by atoms with Gasteiger partial charge in [0.05, 0.1) is 5.92 Å². The Balaban J connectivity index is 2.17. The van der Waals surface area contributed by atoms with Crippen LogP contribution in [0.15, 0.2) is 0 Å². The van der Waals surface area contributed by atoms with Gasteiger partial charge >= 0.3 is 12.0 Å². The number of carbonyl (C=O) groups is 3. The molecule has 1 rings (SSSR count). The Hall–Kier alpha value is -1.79. The highest BCUT2D eigenvalue weighted by molar-refractivity contribution is 5.75. The Labute approximate surface area is 118 Å². The van der Waals surface area contributed by atoms with E-state index in [2.05, 4.69) is 10.6 Å². The lowest BCUT2D eigenvalue weighted by Crippen LogP contribution is -2.42. The molecule has 3 amide bonds. The predicted molar refractivity (Wildman–Crippen MR) is 73.2 cm³/mol. The zero-order valence-corrected chi connectivity index (χ0v) is 12.0. The van der Waals surface area contributed by atoms with Crippen molar-refractivity contribution in [2.75, 3.05) is 19.6 Å². The molecule has 0 bridgehead atoms. The molecule has 1 heterocycles. The molecule has 1 aliphatic heterocycles. The molecule has 0 radical (unpaired) electrons. The number of rotatable bonds is 6. The van der Waals surface area contributed by atoms with E-state index in [1.807, 2.05) is 0 Å². The number of carboxylic acids is 1. The maximum atomic E-state index is 11.8. The maximum absolute atomic E-state index is 11.8. The SMILES string of the molecule is CC(=O)NC1CCN(C(=O)NCCCC(C)C(=O)O)C1. The van der Waals surface area contributed by atoms with Crippen molar-refractivity contribution in [1.82, 2.24) is 15.5 Å². The lowest BCUT2D eigenvalue weighted by molar-refractivity contribution is -0.141. The Morgan fingerprint density at radius 3 is 2.70 bits per heavy atom. The van der Waals surface area contributed by atoms with Crippen molar-refractivity contribution in [3.63, 3.8) is 0 Å². The van der Waals surface area contributed by atoms with Crippen LogP contribution in [0.4, 0.5) is 4.79 Å². The van der Waals surface area contributed by atoms with Gasteiger partial charge in [-0.3, -0.25) is 9.59 Å². The fourth-order valence-electron chi connectivity index (χ4n) is 2.19. The largest absolute Gasteiger partial charge is 0.481 e. The van der Waals surface area contributed by atoms with E-state index in [1.165, 1.54) is 6.92 Å². The molecule has 7 heteroatoms. The number of carboxylic acid groups (broad SMARTS) is 1. The van der Waals surface area contributed by atoms with Crippen molar-refractivity contribution >= 4 is 17.9 Å². The Bertz CT molecular complexity index is 373. The number of nitrogens with zero attached hydrogens (tertiary/aromatic N) is 1. The number of urea groups is 1. The number of amides is 3. The van der Waals surface area contributed by atoms with Gasteiger partial charge in [0.15, 0.2) is 0 Å². The highest BCUT2D eigenvalue weighted by Gasteiger charge is 2.26. The summed E-state index contributed by atoms with van der Waals surface area (Å²) < 4.78 is 0. The third-order valence-electron chi connectivity index (χ3n) is 3.39. The summed E-state index contributed by atoms with van der Waals surface area (Å²) in [5.41, 5.74) is 0. The minimum Gasteiger partial charge on any atom is -0.481 e. The first kappa shape index (κ1) is 16.3. The molecule has 1 aliphatic rings. The zero-order valence-electron chi connectivity index (χ0n) is 12.0. The van der Waals surface area contributed by atoms with Gasteiger partial charge in [-0.1, -0.05) is 6.92 Å². The van der Waals surface area contributed by atoms with Crippen molar-refractivity contribution in [3.8, 4) is 0 Å². The fraction of sp³-hybridized carbons (Fsp3) is 0.769. The Kier molecular flexibility index (Phi) is 6.27. The molecule has 2 unspecified atom stereocenters. The number of aliphatic carboxylic acids is 1. The summed E-state index contributed by atoms with van der Waals surface area (Å²) in [5.74, 6) is -1.28. The van der Waals surface area contributed by atoms with E-state index in [4.69, 9.17) is 5.11 Å². The molecule has 2 atom stereocenters. The molecule has 7 nitrogen and oxygen atoms in total. The first-order valence-corrected chi connectivity index (χ1v) is 6.93. The maximum Gasteiger partial charge on any atom is 0.317 e. The van der Waals surface area contributed by atoms with E-state index in [1.54, 1.807) is 11.8 Å². The molecule has 20 heavy (non-hydrogen) atoms. The molecule has 0 aromatic rings. The van der Waals surface area contributed by atoms with Crippen LogP contribution < -0.4 is 10.6 Å². The van der Waals surface area contributed by atoms with E-state index >= 15 is 0 Å². The second-order valence-electron chi connectivity index (χ2n) is 5.25. The lowest BCUT2D eigenvalue weighted by Gasteiger charge is -2.17. The molecular formula is C13H23N3O4. The summed E-state index contributed by atoms with van der Waals surface area (Å²) in [5, 5.41) is 14.3. The molecule has 1 fully saturated rings. The van der Waals surface area contributed by atoms with Crippen LogP contribution in [-0.4, -0.2) is 53.6 Å². The summed E-state index contributed by atoms with van der Waals surface area (Å²) >= 11 is 0. The van der Waals surface area contributed by atoms with E-state index in [9.17, 15) is 14.4 Å². The zero-order chi connectivity index (χ0) is 15.1. The highest BCUT2D eigenvalue weighted by Crippen LogP contribution is 2.09. The van der Waals surface area contributed by atoms with Crippen molar-refractivity contribution in [2.45, 2.75) is 39.2 Å². The first-order valence-electron chi connectivity index (χ1n) is 6.93. The molecule has 114 valence electrons. The van der Waals surface area contributed by atoms with Crippen molar-refractivity contribution < 1.29 is 19.5 Å². The van der Waals surface area contributed by atoms with Crippen LogP contribution in [0.3, 0.4) is 0 Å². The number of hydrogen-bond acceptors (Lipinski definition) is 3. The van der Waals surface area contributed by atoms with Crippen LogP contribution in [-0.2, 0) is 9.59 Å². The number of likely N-dealkylation sites (tertiary alicyclic amines) is 1. The molecule has 0 aromatic heterocycles. The van der Waals surface area contributed by atoms with Crippen molar-refractivity contribution in [2.24, 2.45) is 5.92 Å². The van der Waals surface area contributed by atoms with E-state index in [0.29, 0.717) is 32.5 Å². The van der Waals surface area contributed by atoms with Gasteiger partial charge in [0.25, 0.3) is 0 Å². The minimum atomic E-state index is -0.811. The smallest absolute Gasteiger partial charge is 0.317 e. The standard InChI is InChI=1S/C13H23N3O4/c1-9(12(18)19)4-3-6-14-13(20)16-7-5-11(8-16)15-10(2)17/h9,11H,3-8H2,1-2H3,(H,14,20)(H,15,17)(H,18,19). The molecular weight excluding hydrogens is 262 g/mol. The van der Waals surface area contributed by atoms with Gasteiger partial charge in [0.1, 0.15) is 0 Å². The molecule has 1 saturated heterocycles. The number of hydrogen-bond donors (Lipinski definition) is 3. The molecule has 0 aromatic carbocycles. The third-order valence-corrected chi connectivity index (χ3v) is 3.39. The lowest BCUT2D eigenvalue weighted by atomic mass is 10.1. The van der Waals surface area contributed by atoms with Crippen molar-refractivity contribution in [1.29, 1.82) is 0 Å². The molecule has 0 spiro atoms. The average Bonchev–Trinajstić information content (AvgIpc) is 2.81. The fourth-order valence-corrected chi connectivity index (χ4v) is 2.19. The summed E-state index contributed by atoms with van der Waals surface area (Å²) in [6, 6.07) is -0.119. The van der Waals surface area contributed by atoms with Crippen LogP contribution in [0.25, 0.3) is 0 Å². The van der Waals surface area contributed by atoms with Crippen LogP contribution in [0.1, 0.15) is 33.1 Å². The van der Waals surface area contributed by atoms with E-state index < -0.39 is 5.97 Å². The van der Waals surface area contributed by atoms with Crippen LogP contribution in [0, 0.1) is 5.92 Å². The van der Waals surface area contributed by atoms with Gasteiger partial charge in [-0.05, 0) is 19.3 Å². The van der Waals surface area contributed by atoms with Gasteiger partial charge in [0, 0.05) is 32.6 Å². The number of carbonyl (C=O) groups excluding carboxylic acids is 2. The second kappa shape index (κ2) is 7.72. The topological polar surface area (TPSA) is 98.7 Å². The average molecular weight is 285 g/mol. The monoisotopic (exact) mass is 285 g/mol. The van der Waals surface area contributed by atoms with Crippen molar-refractivity contribution in [3.05, 3.63) is 0 Å². The third kappa shape index (κ3) is 5.46. The number of nitrogens with one attached hydrogen (secondary N) is 2. The minimum absolute atomic E-state index is 0.0327. The highest BCUT2D eigenvalue weighted by atomic mass is 16.4. The molecule has 0 aliphatic carbocycles. The van der Waals surface area contributed by atoms with Gasteiger partial charge in [-0.2, -0.15) is 0 Å². The molecule has 0 saturated carbocycles. The van der Waals surface area contributed by atoms with E-state index in [-0.39, 0.29) is 23.9 Å². The Morgan fingerprint density at radius 2 is 2.10 bits per heavy atom. The van der Waals surface area contributed by atoms with Crippen LogP contribution in [0.2, 0.25) is 0 Å². The van der Waals surface area contributed by atoms with Gasteiger partial charge in [-0.15, -0.1) is 0 Å².